The van der Waals surface area contributed by atoms with Crippen molar-refractivity contribution in [1.29, 1.82) is 0 Å². The molecule has 6 nitrogen and oxygen atoms in total. The first-order chi connectivity index (χ1) is 10.3. The van der Waals surface area contributed by atoms with Gasteiger partial charge in [-0.05, 0) is 44.0 Å². The van der Waals surface area contributed by atoms with Crippen LogP contribution in [0.3, 0.4) is 0 Å². The van der Waals surface area contributed by atoms with Gasteiger partial charge in [-0.15, -0.1) is 0 Å². The number of benzene rings is 1. The quantitative estimate of drug-likeness (QED) is 0.690. The van der Waals surface area contributed by atoms with Gasteiger partial charge in [-0.2, -0.15) is 0 Å². The number of piperidine rings is 1. The zero-order chi connectivity index (χ0) is 14.7. The number of nitro groups is 1. The third kappa shape index (κ3) is 2.95. The van der Waals surface area contributed by atoms with Gasteiger partial charge in [-0.3, -0.25) is 15.1 Å². The van der Waals surface area contributed by atoms with Crippen LogP contribution in [0, 0.1) is 16.0 Å². The minimum atomic E-state index is -0.388. The summed E-state index contributed by atoms with van der Waals surface area (Å²) in [5, 5.41) is 15.6. The van der Waals surface area contributed by atoms with Crippen LogP contribution in [0.4, 0.5) is 5.69 Å². The number of pyridine rings is 1. The van der Waals surface area contributed by atoms with Gasteiger partial charge in [0.2, 0.25) is 0 Å². The van der Waals surface area contributed by atoms with E-state index in [0.717, 1.165) is 31.3 Å². The zero-order valence-electron chi connectivity index (χ0n) is 11.6. The van der Waals surface area contributed by atoms with Crippen LogP contribution in [0.2, 0.25) is 0 Å². The highest BCUT2D eigenvalue weighted by molar-refractivity contribution is 5.94. The van der Waals surface area contributed by atoms with Crippen LogP contribution >= 0.6 is 0 Å². The van der Waals surface area contributed by atoms with E-state index >= 15 is 0 Å². The smallest absolute Gasteiger partial charge is 0.279 e. The molecule has 2 aromatic rings. The normalized spacial score (nSPS) is 16.0. The first-order valence-corrected chi connectivity index (χ1v) is 7.10. The molecule has 110 valence electrons. The Hall–Kier alpha value is -2.21. The van der Waals surface area contributed by atoms with Gasteiger partial charge >= 0.3 is 0 Å². The van der Waals surface area contributed by atoms with Gasteiger partial charge < -0.3 is 10.1 Å². The maximum atomic E-state index is 11.1. The molecule has 1 N–H and O–H groups in total. The Bertz CT molecular complexity index is 654. The van der Waals surface area contributed by atoms with Gasteiger partial charge in [0.15, 0.2) is 0 Å². The minimum Gasteiger partial charge on any atom is -0.493 e. The summed E-state index contributed by atoms with van der Waals surface area (Å²) in [5.74, 6) is 1.23. The van der Waals surface area contributed by atoms with Crippen molar-refractivity contribution in [3.8, 4) is 5.75 Å². The molecule has 21 heavy (non-hydrogen) atoms. The molecule has 2 heterocycles. The van der Waals surface area contributed by atoms with E-state index in [1.807, 2.05) is 0 Å². The molecule has 1 aliphatic heterocycles. The van der Waals surface area contributed by atoms with Crippen molar-refractivity contribution in [1.82, 2.24) is 10.3 Å². The summed E-state index contributed by atoms with van der Waals surface area (Å²) in [7, 11) is 0. The number of aromatic nitrogens is 1. The van der Waals surface area contributed by atoms with E-state index in [-0.39, 0.29) is 10.6 Å². The standard InChI is InChI=1S/C15H17N3O3/c19-18(20)14-1-2-15(12-5-8-17-9-13(12)14)21-10-11-3-6-16-7-4-11/h1-2,5,8-9,11,16H,3-4,6-7,10H2. The van der Waals surface area contributed by atoms with Crippen molar-refractivity contribution in [3.05, 3.63) is 40.7 Å². The van der Waals surface area contributed by atoms with E-state index in [0.29, 0.717) is 23.7 Å². The lowest BCUT2D eigenvalue weighted by atomic mass is 9.99. The lowest BCUT2D eigenvalue weighted by Crippen LogP contribution is -2.30. The number of nitrogens with zero attached hydrogens (tertiary/aromatic N) is 2. The average molecular weight is 287 g/mol. The topological polar surface area (TPSA) is 77.3 Å². The van der Waals surface area contributed by atoms with Crippen LogP contribution in [0.25, 0.3) is 10.8 Å². The van der Waals surface area contributed by atoms with E-state index in [9.17, 15) is 10.1 Å². The second-order valence-corrected chi connectivity index (χ2v) is 5.27. The van der Waals surface area contributed by atoms with Crippen LogP contribution < -0.4 is 10.1 Å². The maximum Gasteiger partial charge on any atom is 0.279 e. The zero-order valence-corrected chi connectivity index (χ0v) is 11.6. The molecule has 1 aliphatic rings. The van der Waals surface area contributed by atoms with Crippen molar-refractivity contribution in [2.24, 2.45) is 5.92 Å². The summed E-state index contributed by atoms with van der Waals surface area (Å²) in [6, 6.07) is 4.93. The average Bonchev–Trinajstić information content (AvgIpc) is 2.53. The van der Waals surface area contributed by atoms with E-state index in [4.69, 9.17) is 4.74 Å². The minimum absolute atomic E-state index is 0.0623. The second-order valence-electron chi connectivity index (χ2n) is 5.27. The van der Waals surface area contributed by atoms with Crippen molar-refractivity contribution in [2.75, 3.05) is 19.7 Å². The predicted octanol–water partition coefficient (Wildman–Crippen LogP) is 2.52. The lowest BCUT2D eigenvalue weighted by Gasteiger charge is -2.23. The third-order valence-corrected chi connectivity index (χ3v) is 3.89. The van der Waals surface area contributed by atoms with Crippen LogP contribution in [-0.4, -0.2) is 29.6 Å². The Morgan fingerprint density at radius 1 is 1.29 bits per heavy atom. The Labute approximate surface area is 122 Å². The van der Waals surface area contributed by atoms with Gasteiger partial charge in [0, 0.05) is 23.8 Å². The fraction of sp³-hybridized carbons (Fsp3) is 0.400. The van der Waals surface area contributed by atoms with Crippen molar-refractivity contribution in [3.63, 3.8) is 0 Å². The van der Waals surface area contributed by atoms with E-state index in [2.05, 4.69) is 10.3 Å². The van der Waals surface area contributed by atoms with Gasteiger partial charge in [0.25, 0.3) is 5.69 Å². The van der Waals surface area contributed by atoms with Gasteiger partial charge in [0.05, 0.1) is 16.9 Å². The molecule has 1 fully saturated rings. The molecular weight excluding hydrogens is 270 g/mol. The fourth-order valence-corrected chi connectivity index (χ4v) is 2.69. The number of rotatable bonds is 4. The highest BCUT2D eigenvalue weighted by Crippen LogP contribution is 2.32. The molecule has 0 radical (unpaired) electrons. The Morgan fingerprint density at radius 2 is 2.10 bits per heavy atom. The van der Waals surface area contributed by atoms with Crippen LogP contribution in [-0.2, 0) is 0 Å². The number of fused-ring (bicyclic) bond motifs is 1. The molecule has 0 atom stereocenters. The third-order valence-electron chi connectivity index (χ3n) is 3.89. The molecule has 1 saturated heterocycles. The molecule has 3 rings (SSSR count). The Balaban J connectivity index is 1.85. The van der Waals surface area contributed by atoms with Gasteiger partial charge in [0.1, 0.15) is 5.75 Å². The van der Waals surface area contributed by atoms with Gasteiger partial charge in [-0.25, -0.2) is 0 Å². The highest BCUT2D eigenvalue weighted by Gasteiger charge is 2.17. The number of hydrogen-bond acceptors (Lipinski definition) is 5. The van der Waals surface area contributed by atoms with E-state index in [1.165, 1.54) is 12.3 Å². The van der Waals surface area contributed by atoms with Gasteiger partial charge in [-0.1, -0.05) is 0 Å². The molecule has 0 aliphatic carbocycles. The molecule has 0 spiro atoms. The molecule has 0 bridgehead atoms. The predicted molar refractivity (Wildman–Crippen MR) is 79.5 cm³/mol. The monoisotopic (exact) mass is 287 g/mol. The number of non-ortho nitro benzene ring substituents is 1. The first kappa shape index (κ1) is 13.8. The summed E-state index contributed by atoms with van der Waals surface area (Å²) in [6.07, 6.45) is 5.35. The second kappa shape index (κ2) is 6.05. The molecule has 1 aromatic carbocycles. The number of nitrogens with one attached hydrogen (secondary N) is 1. The molecule has 0 amide bonds. The van der Waals surface area contributed by atoms with Crippen molar-refractivity contribution >= 4 is 16.5 Å². The Morgan fingerprint density at radius 3 is 2.86 bits per heavy atom. The number of ether oxygens (including phenoxy) is 1. The van der Waals surface area contributed by atoms with E-state index in [1.54, 1.807) is 18.3 Å². The summed E-state index contributed by atoms with van der Waals surface area (Å²) in [6.45, 7) is 2.70. The summed E-state index contributed by atoms with van der Waals surface area (Å²) in [4.78, 5) is 14.7. The molecule has 0 unspecified atom stereocenters. The van der Waals surface area contributed by atoms with Crippen LogP contribution in [0.5, 0.6) is 5.75 Å². The van der Waals surface area contributed by atoms with Crippen molar-refractivity contribution in [2.45, 2.75) is 12.8 Å². The molecular formula is C15H17N3O3. The fourth-order valence-electron chi connectivity index (χ4n) is 2.69. The number of hydrogen-bond donors (Lipinski definition) is 1. The van der Waals surface area contributed by atoms with Crippen LogP contribution in [0.15, 0.2) is 30.6 Å². The Kier molecular flexibility index (Phi) is 3.96. The molecule has 6 heteroatoms. The SMILES string of the molecule is O=[N+]([O-])c1ccc(OCC2CCNCC2)c2ccncc12. The molecule has 1 aromatic heterocycles. The summed E-state index contributed by atoms with van der Waals surface area (Å²) < 4.78 is 5.92. The first-order valence-electron chi connectivity index (χ1n) is 7.10. The highest BCUT2D eigenvalue weighted by atomic mass is 16.6. The maximum absolute atomic E-state index is 11.1. The largest absolute Gasteiger partial charge is 0.493 e. The summed E-state index contributed by atoms with van der Waals surface area (Å²) >= 11 is 0. The number of nitro benzene ring substituents is 1. The van der Waals surface area contributed by atoms with Crippen molar-refractivity contribution < 1.29 is 9.66 Å². The summed E-state index contributed by atoms with van der Waals surface area (Å²) in [5.41, 5.74) is 0.0623. The lowest BCUT2D eigenvalue weighted by molar-refractivity contribution is -0.383. The van der Waals surface area contributed by atoms with Crippen LogP contribution in [0.1, 0.15) is 12.8 Å². The molecule has 0 saturated carbocycles. The van der Waals surface area contributed by atoms with E-state index < -0.39 is 0 Å².